The van der Waals surface area contributed by atoms with Crippen molar-refractivity contribution in [3.8, 4) is 0 Å². The second-order valence-corrected chi connectivity index (χ2v) is 10.6. The second kappa shape index (κ2) is 7.71. The van der Waals surface area contributed by atoms with Crippen LogP contribution in [0.5, 0.6) is 0 Å². The van der Waals surface area contributed by atoms with Crippen LogP contribution in [-0.2, 0) is 21.3 Å². The first-order chi connectivity index (χ1) is 15.9. The van der Waals surface area contributed by atoms with Gasteiger partial charge in [-0.25, -0.2) is 0 Å². The van der Waals surface area contributed by atoms with E-state index in [1.165, 1.54) is 6.07 Å². The van der Waals surface area contributed by atoms with E-state index in [1.54, 1.807) is 0 Å². The number of alkyl halides is 3. The van der Waals surface area contributed by atoms with Crippen LogP contribution >= 0.6 is 0 Å². The van der Waals surface area contributed by atoms with Gasteiger partial charge in [0.15, 0.2) is 0 Å². The first kappa shape index (κ1) is 23.7. The molecule has 3 unspecified atom stereocenters. The molecule has 2 N–H and O–H groups in total. The first-order valence-corrected chi connectivity index (χ1v) is 11.6. The number of aliphatic hydroxyl groups is 2. The van der Waals surface area contributed by atoms with Gasteiger partial charge in [0.2, 0.25) is 0 Å². The molecule has 4 atom stereocenters. The fourth-order valence-corrected chi connectivity index (χ4v) is 5.59. The Morgan fingerprint density at radius 3 is 2.44 bits per heavy atom. The summed E-state index contributed by atoms with van der Waals surface area (Å²) in [4.78, 5) is 8.98. The summed E-state index contributed by atoms with van der Waals surface area (Å²) in [5.74, 6) is -0.0635. The van der Waals surface area contributed by atoms with Gasteiger partial charge in [-0.2, -0.15) is 13.2 Å². The second-order valence-electron chi connectivity index (χ2n) is 10.6. The van der Waals surface area contributed by atoms with Gasteiger partial charge < -0.3 is 19.7 Å². The Morgan fingerprint density at radius 2 is 1.88 bits per heavy atom. The molecule has 3 aliphatic rings. The zero-order valence-electron chi connectivity index (χ0n) is 19.6. The minimum absolute atomic E-state index is 0.0635. The van der Waals surface area contributed by atoms with Crippen molar-refractivity contribution >= 4 is 0 Å². The molecule has 4 heterocycles. The van der Waals surface area contributed by atoms with Crippen LogP contribution in [0.3, 0.4) is 0 Å². The molecule has 0 saturated carbocycles. The topological polar surface area (TPSA) is 84.7 Å². The van der Waals surface area contributed by atoms with E-state index in [1.807, 2.05) is 27.7 Å². The zero-order chi connectivity index (χ0) is 24.6. The molecule has 34 heavy (non-hydrogen) atoms. The summed E-state index contributed by atoms with van der Waals surface area (Å²) in [6.45, 7) is 8.43. The van der Waals surface area contributed by atoms with Gasteiger partial charge in [-0.3, -0.25) is 9.97 Å². The molecule has 1 fully saturated rings. The van der Waals surface area contributed by atoms with Gasteiger partial charge in [-0.15, -0.1) is 0 Å². The third-order valence-corrected chi connectivity index (χ3v) is 7.36. The summed E-state index contributed by atoms with van der Waals surface area (Å²) in [5, 5.41) is 22.4. The Labute approximate surface area is 196 Å². The average Bonchev–Trinajstić information content (AvgIpc) is 3.36. The average molecular weight is 479 g/mol. The standard InChI is InChI=1S/C25H29F3N2O4/c1-12(2)19-17-18(16-15(31)9-23(3,4)22(32)20(16)30-19)24(7-8-33-11-24)34-21(17)14-6-5-13(10-29-14)25(26,27)28/h5-6,10,12,15,21-22,31-32H,7-9,11H2,1-4H3/t15?,21?,22-,24?/m1/s1. The summed E-state index contributed by atoms with van der Waals surface area (Å²) in [6, 6.07) is 2.34. The largest absolute Gasteiger partial charge is 0.417 e. The van der Waals surface area contributed by atoms with E-state index in [4.69, 9.17) is 14.5 Å². The van der Waals surface area contributed by atoms with Crippen molar-refractivity contribution in [2.75, 3.05) is 13.2 Å². The molecule has 1 aliphatic carbocycles. The quantitative estimate of drug-likeness (QED) is 0.642. The van der Waals surface area contributed by atoms with Crippen molar-refractivity contribution in [1.82, 2.24) is 9.97 Å². The van der Waals surface area contributed by atoms with Crippen LogP contribution in [0.25, 0.3) is 0 Å². The van der Waals surface area contributed by atoms with Crippen LogP contribution in [0.15, 0.2) is 18.3 Å². The summed E-state index contributed by atoms with van der Waals surface area (Å²) in [6.07, 6.45) is -5.30. The van der Waals surface area contributed by atoms with Gasteiger partial charge in [0.05, 0.1) is 29.7 Å². The van der Waals surface area contributed by atoms with E-state index in [0.717, 1.165) is 23.4 Å². The minimum Gasteiger partial charge on any atom is -0.388 e. The van der Waals surface area contributed by atoms with Gasteiger partial charge >= 0.3 is 6.18 Å². The molecule has 9 heteroatoms. The summed E-state index contributed by atoms with van der Waals surface area (Å²) >= 11 is 0. The fourth-order valence-electron chi connectivity index (χ4n) is 5.59. The van der Waals surface area contributed by atoms with Gasteiger partial charge in [0.25, 0.3) is 0 Å². The number of hydrogen-bond donors (Lipinski definition) is 2. The van der Waals surface area contributed by atoms with Crippen molar-refractivity contribution in [1.29, 1.82) is 0 Å². The third-order valence-electron chi connectivity index (χ3n) is 7.36. The number of ether oxygens (including phenoxy) is 2. The van der Waals surface area contributed by atoms with E-state index < -0.39 is 41.1 Å². The number of aromatic nitrogens is 2. The number of halogens is 3. The highest BCUT2D eigenvalue weighted by Gasteiger charge is 2.55. The first-order valence-electron chi connectivity index (χ1n) is 11.6. The van der Waals surface area contributed by atoms with Crippen molar-refractivity contribution in [3.63, 3.8) is 0 Å². The number of nitrogens with zero attached hydrogens (tertiary/aromatic N) is 2. The Hall–Kier alpha value is -2.07. The molecule has 0 bridgehead atoms. The molecule has 2 aromatic heterocycles. The van der Waals surface area contributed by atoms with E-state index in [9.17, 15) is 23.4 Å². The predicted molar refractivity (Wildman–Crippen MR) is 116 cm³/mol. The van der Waals surface area contributed by atoms with E-state index >= 15 is 0 Å². The lowest BCUT2D eigenvalue weighted by Crippen LogP contribution is -2.36. The van der Waals surface area contributed by atoms with Crippen LogP contribution in [0.4, 0.5) is 13.2 Å². The lowest BCUT2D eigenvalue weighted by molar-refractivity contribution is -0.137. The highest BCUT2D eigenvalue weighted by Crippen LogP contribution is 2.58. The summed E-state index contributed by atoms with van der Waals surface area (Å²) < 4.78 is 51.7. The van der Waals surface area contributed by atoms with Crippen LogP contribution < -0.4 is 0 Å². The van der Waals surface area contributed by atoms with Crippen LogP contribution in [-0.4, -0.2) is 33.4 Å². The lowest BCUT2D eigenvalue weighted by Gasteiger charge is -2.41. The molecule has 1 saturated heterocycles. The summed E-state index contributed by atoms with van der Waals surface area (Å²) in [7, 11) is 0. The Bertz CT molecular complexity index is 1110. The Kier molecular flexibility index (Phi) is 5.37. The number of hydrogen-bond acceptors (Lipinski definition) is 6. The van der Waals surface area contributed by atoms with Crippen molar-refractivity contribution in [3.05, 3.63) is 57.7 Å². The molecule has 6 nitrogen and oxygen atoms in total. The molecule has 5 rings (SSSR count). The molecule has 1 spiro atoms. The molecule has 0 radical (unpaired) electrons. The predicted octanol–water partition coefficient (Wildman–Crippen LogP) is 4.85. The van der Waals surface area contributed by atoms with E-state index in [2.05, 4.69) is 4.98 Å². The smallest absolute Gasteiger partial charge is 0.388 e. The highest BCUT2D eigenvalue weighted by molar-refractivity contribution is 5.54. The van der Waals surface area contributed by atoms with Crippen LogP contribution in [0, 0.1) is 5.41 Å². The van der Waals surface area contributed by atoms with Crippen molar-refractivity contribution < 1.29 is 32.9 Å². The van der Waals surface area contributed by atoms with Gasteiger partial charge in [0, 0.05) is 41.6 Å². The maximum absolute atomic E-state index is 13.1. The number of fused-ring (bicyclic) bond motifs is 4. The normalized spacial score (nSPS) is 30.1. The van der Waals surface area contributed by atoms with Gasteiger partial charge in [-0.05, 0) is 29.9 Å². The van der Waals surface area contributed by atoms with Crippen molar-refractivity contribution in [2.45, 2.75) is 76.5 Å². The monoisotopic (exact) mass is 478 g/mol. The molecule has 184 valence electrons. The maximum Gasteiger partial charge on any atom is 0.417 e. The summed E-state index contributed by atoms with van der Waals surface area (Å²) in [5.41, 5.74) is 1.22. The van der Waals surface area contributed by atoms with Gasteiger partial charge in [0.1, 0.15) is 17.8 Å². The van der Waals surface area contributed by atoms with E-state index in [0.29, 0.717) is 42.1 Å². The zero-order valence-corrected chi connectivity index (χ0v) is 19.6. The third kappa shape index (κ3) is 3.47. The van der Waals surface area contributed by atoms with Crippen LogP contribution in [0.2, 0.25) is 0 Å². The number of aliphatic hydroxyl groups excluding tert-OH is 2. The maximum atomic E-state index is 13.1. The van der Waals surface area contributed by atoms with E-state index in [-0.39, 0.29) is 12.5 Å². The number of pyridine rings is 2. The van der Waals surface area contributed by atoms with Crippen LogP contribution in [0.1, 0.15) is 104 Å². The highest BCUT2D eigenvalue weighted by atomic mass is 19.4. The van der Waals surface area contributed by atoms with Crippen molar-refractivity contribution in [2.24, 2.45) is 5.41 Å². The molecule has 2 aliphatic heterocycles. The number of rotatable bonds is 2. The van der Waals surface area contributed by atoms with Gasteiger partial charge in [-0.1, -0.05) is 27.7 Å². The SMILES string of the molecule is CC(C)c1nc2c(c3c1C(c1ccc(C(F)(F)F)cn1)OC31CCOC1)C(O)CC(C)(C)[C@@H]2O. The molecule has 2 aromatic rings. The molecule has 0 amide bonds. The minimum atomic E-state index is -4.49. The lowest BCUT2D eigenvalue weighted by atomic mass is 9.69. The fraction of sp³-hybridized carbons (Fsp3) is 0.600. The molecular weight excluding hydrogens is 449 g/mol. The Balaban J connectivity index is 1.76. The molecule has 0 aromatic carbocycles. The Morgan fingerprint density at radius 1 is 1.15 bits per heavy atom. The molecular formula is C25H29F3N2O4.